The molecule has 0 unspecified atom stereocenters. The average Bonchev–Trinajstić information content (AvgIpc) is 2.78. The maximum Gasteiger partial charge on any atom is 0.418 e. The van der Waals surface area contributed by atoms with Gasteiger partial charge >= 0.3 is 12.1 Å². The summed E-state index contributed by atoms with van der Waals surface area (Å²) in [5, 5.41) is 0. The summed E-state index contributed by atoms with van der Waals surface area (Å²) in [6, 6.07) is 15.0. The molecular weight excluding hydrogens is 437 g/mol. The minimum Gasteiger partial charge on any atom is -0.458 e. The summed E-state index contributed by atoms with van der Waals surface area (Å²) in [6.45, 7) is 6.28. The number of amides is 1. The van der Waals surface area contributed by atoms with Crippen molar-refractivity contribution in [2.45, 2.75) is 52.1 Å². The summed E-state index contributed by atoms with van der Waals surface area (Å²) in [5.41, 5.74) is 0.520. The number of benzene rings is 2. The molecule has 7 heteroatoms. The lowest BCUT2D eigenvalue weighted by atomic mass is 9.83. The highest BCUT2D eigenvalue weighted by atomic mass is 19.1. The Kier molecular flexibility index (Phi) is 9.05. The second-order valence-corrected chi connectivity index (χ2v) is 9.72. The van der Waals surface area contributed by atoms with E-state index in [0.29, 0.717) is 30.5 Å². The van der Waals surface area contributed by atoms with Crippen LogP contribution < -0.4 is 4.90 Å². The third-order valence-corrected chi connectivity index (χ3v) is 5.67. The molecule has 0 spiro atoms. The Labute approximate surface area is 201 Å². The first-order chi connectivity index (χ1) is 16.2. The molecule has 2 aromatic rings. The predicted molar refractivity (Wildman–Crippen MR) is 128 cm³/mol. The molecule has 3 rings (SSSR count). The van der Waals surface area contributed by atoms with Crippen LogP contribution in [0, 0.1) is 17.7 Å². The number of ether oxygens (including phenoxy) is 3. The fraction of sp³-hybridized carbons (Fsp3) is 0.481. The van der Waals surface area contributed by atoms with Crippen molar-refractivity contribution in [2.24, 2.45) is 11.8 Å². The highest BCUT2D eigenvalue weighted by Gasteiger charge is 2.25. The molecule has 0 saturated heterocycles. The van der Waals surface area contributed by atoms with Crippen LogP contribution in [0.4, 0.5) is 20.6 Å². The zero-order chi connectivity index (χ0) is 24.6. The number of carbonyl (C=O) groups is 2. The van der Waals surface area contributed by atoms with Crippen LogP contribution in [0.15, 0.2) is 54.6 Å². The van der Waals surface area contributed by atoms with E-state index in [0.717, 1.165) is 25.7 Å². The molecule has 0 radical (unpaired) electrons. The van der Waals surface area contributed by atoms with E-state index >= 15 is 0 Å². The predicted octanol–water partition coefficient (Wildman–Crippen LogP) is 6.27. The van der Waals surface area contributed by atoms with Gasteiger partial charge in [0, 0.05) is 0 Å². The third-order valence-electron chi connectivity index (χ3n) is 5.67. The molecule has 34 heavy (non-hydrogen) atoms. The van der Waals surface area contributed by atoms with Crippen LogP contribution in [0.2, 0.25) is 0 Å². The van der Waals surface area contributed by atoms with Crippen LogP contribution in [-0.4, -0.2) is 37.5 Å². The van der Waals surface area contributed by atoms with Crippen LogP contribution in [0.5, 0.6) is 0 Å². The molecule has 0 aliphatic heterocycles. The van der Waals surface area contributed by atoms with E-state index in [9.17, 15) is 14.0 Å². The Hall–Kier alpha value is -2.93. The van der Waals surface area contributed by atoms with Crippen LogP contribution in [0.3, 0.4) is 0 Å². The molecule has 1 aliphatic rings. The van der Waals surface area contributed by atoms with Crippen LogP contribution >= 0.6 is 0 Å². The highest BCUT2D eigenvalue weighted by Crippen LogP contribution is 2.31. The quantitative estimate of drug-likeness (QED) is 0.425. The molecule has 0 atom stereocenters. The van der Waals surface area contributed by atoms with E-state index in [-0.39, 0.29) is 18.5 Å². The minimum atomic E-state index is -0.528. The number of halogens is 1. The lowest BCUT2D eigenvalue weighted by Gasteiger charge is -2.29. The van der Waals surface area contributed by atoms with Crippen molar-refractivity contribution in [1.29, 1.82) is 0 Å². The number of rotatable bonds is 8. The number of hydrogen-bond acceptors (Lipinski definition) is 5. The SMILES string of the molecule is CC(C)(C)OC(=O)COC[C@H]1CC[C@H](COC(=O)N(c2ccccc2)c2cccc(F)c2)CC1. The summed E-state index contributed by atoms with van der Waals surface area (Å²) in [7, 11) is 0. The van der Waals surface area contributed by atoms with Gasteiger partial charge in [-0.15, -0.1) is 0 Å². The van der Waals surface area contributed by atoms with Crippen molar-refractivity contribution in [1.82, 2.24) is 0 Å². The lowest BCUT2D eigenvalue weighted by molar-refractivity contribution is -0.160. The standard InChI is InChI=1S/C27H34FNO5/c1-27(2,3)34-25(30)19-32-17-20-12-14-21(15-13-20)18-33-26(31)29(23-9-5-4-6-10-23)24-11-7-8-22(28)16-24/h4-11,16,20-21H,12-15,17-19H2,1-3H3/t20-,21-. The van der Waals surface area contributed by atoms with Gasteiger partial charge in [-0.1, -0.05) is 24.3 Å². The van der Waals surface area contributed by atoms with Crippen molar-refractivity contribution >= 4 is 23.4 Å². The van der Waals surface area contributed by atoms with Gasteiger partial charge in [0.2, 0.25) is 0 Å². The smallest absolute Gasteiger partial charge is 0.418 e. The molecule has 0 heterocycles. The zero-order valence-corrected chi connectivity index (χ0v) is 20.2. The molecular formula is C27H34FNO5. The molecule has 0 bridgehead atoms. The van der Waals surface area contributed by atoms with E-state index in [4.69, 9.17) is 14.2 Å². The van der Waals surface area contributed by atoms with Gasteiger partial charge in [-0.3, -0.25) is 0 Å². The molecule has 1 saturated carbocycles. The van der Waals surface area contributed by atoms with E-state index in [1.165, 1.54) is 17.0 Å². The monoisotopic (exact) mass is 471 g/mol. The normalized spacial score (nSPS) is 18.2. The number of nitrogens with zero attached hydrogens (tertiary/aromatic N) is 1. The van der Waals surface area contributed by atoms with Gasteiger partial charge in [-0.25, -0.2) is 18.9 Å². The van der Waals surface area contributed by atoms with Crippen molar-refractivity contribution in [2.75, 3.05) is 24.7 Å². The van der Waals surface area contributed by atoms with Crippen molar-refractivity contribution in [3.05, 3.63) is 60.4 Å². The van der Waals surface area contributed by atoms with Gasteiger partial charge < -0.3 is 14.2 Å². The Morgan fingerprint density at radius 2 is 1.53 bits per heavy atom. The van der Waals surface area contributed by atoms with Gasteiger partial charge in [0.1, 0.15) is 18.0 Å². The lowest BCUT2D eigenvalue weighted by Crippen LogP contribution is -2.30. The van der Waals surface area contributed by atoms with Gasteiger partial charge in [0.25, 0.3) is 0 Å². The number of hydrogen-bond donors (Lipinski definition) is 0. The number of esters is 1. The molecule has 2 aromatic carbocycles. The van der Waals surface area contributed by atoms with Gasteiger partial charge in [-0.05, 0) is 88.6 Å². The first-order valence-electron chi connectivity index (χ1n) is 11.8. The minimum absolute atomic E-state index is 0.0375. The Bertz CT molecular complexity index is 936. The van der Waals surface area contributed by atoms with Crippen molar-refractivity contribution < 1.29 is 28.2 Å². The fourth-order valence-electron chi connectivity index (χ4n) is 4.05. The van der Waals surface area contributed by atoms with Gasteiger partial charge in [0.05, 0.1) is 24.6 Å². The second kappa shape index (κ2) is 12.0. The van der Waals surface area contributed by atoms with E-state index in [1.807, 2.05) is 39.0 Å². The zero-order valence-electron chi connectivity index (χ0n) is 20.2. The summed E-state index contributed by atoms with van der Waals surface area (Å²) in [4.78, 5) is 26.1. The molecule has 1 amide bonds. The molecule has 184 valence electrons. The van der Waals surface area contributed by atoms with Gasteiger partial charge in [-0.2, -0.15) is 0 Å². The summed E-state index contributed by atoms with van der Waals surface area (Å²) >= 11 is 0. The summed E-state index contributed by atoms with van der Waals surface area (Å²) < 4.78 is 30.3. The maximum absolute atomic E-state index is 13.8. The number of para-hydroxylation sites is 1. The van der Waals surface area contributed by atoms with E-state index in [1.54, 1.807) is 24.3 Å². The molecule has 1 fully saturated rings. The molecule has 6 nitrogen and oxygen atoms in total. The highest BCUT2D eigenvalue weighted by molar-refractivity contribution is 5.95. The van der Waals surface area contributed by atoms with Crippen molar-refractivity contribution in [3.63, 3.8) is 0 Å². The first kappa shape index (κ1) is 25.7. The third kappa shape index (κ3) is 8.13. The van der Waals surface area contributed by atoms with Gasteiger partial charge in [0.15, 0.2) is 0 Å². The van der Waals surface area contributed by atoms with E-state index in [2.05, 4.69) is 0 Å². The fourth-order valence-corrected chi connectivity index (χ4v) is 4.05. The molecule has 0 N–H and O–H groups in total. The molecule has 1 aliphatic carbocycles. The summed E-state index contributed by atoms with van der Waals surface area (Å²) in [6.07, 6.45) is 3.20. The topological polar surface area (TPSA) is 65.1 Å². The first-order valence-corrected chi connectivity index (χ1v) is 11.8. The Morgan fingerprint density at radius 1 is 0.912 bits per heavy atom. The largest absolute Gasteiger partial charge is 0.458 e. The van der Waals surface area contributed by atoms with Crippen molar-refractivity contribution in [3.8, 4) is 0 Å². The number of carbonyl (C=O) groups excluding carboxylic acids is 2. The average molecular weight is 472 g/mol. The molecule has 0 aromatic heterocycles. The Balaban J connectivity index is 1.46. The van der Waals surface area contributed by atoms with Crippen LogP contribution in [-0.2, 0) is 19.0 Å². The summed E-state index contributed by atoms with van der Waals surface area (Å²) in [5.74, 6) is -0.133. The Morgan fingerprint density at radius 3 is 2.15 bits per heavy atom. The number of anilines is 2. The van der Waals surface area contributed by atoms with Crippen LogP contribution in [0.25, 0.3) is 0 Å². The second-order valence-electron chi connectivity index (χ2n) is 9.72. The maximum atomic E-state index is 13.8. The van der Waals surface area contributed by atoms with Crippen LogP contribution in [0.1, 0.15) is 46.5 Å². The van der Waals surface area contributed by atoms with E-state index < -0.39 is 17.5 Å².